The largest absolute Gasteiger partial charge is 0.494 e. The lowest BCUT2D eigenvalue weighted by atomic mass is 10.1. The lowest BCUT2D eigenvalue weighted by Gasteiger charge is -2.11. The molecule has 1 aromatic carbocycles. The Kier molecular flexibility index (Phi) is 5.14. The van der Waals surface area contributed by atoms with Crippen molar-refractivity contribution in [2.75, 3.05) is 12.0 Å². The average Bonchev–Trinajstić information content (AvgIpc) is 2.44. The Bertz CT molecular complexity index is 737. The number of hydrogen-bond donors (Lipinski definition) is 2. The minimum atomic E-state index is -0.610. The molecule has 0 aliphatic carbocycles. The van der Waals surface area contributed by atoms with E-state index in [4.69, 9.17) is 11.6 Å². The highest BCUT2D eigenvalue weighted by atomic mass is 35.5. The summed E-state index contributed by atoms with van der Waals surface area (Å²) < 4.78 is 1.18. The maximum Gasteiger partial charge on any atom is 0.331 e. The van der Waals surface area contributed by atoms with E-state index in [1.165, 1.54) is 4.57 Å². The molecule has 5 nitrogen and oxygen atoms in total. The number of aromatic amines is 1. The third-order valence-corrected chi connectivity index (χ3v) is 3.98. The van der Waals surface area contributed by atoms with Crippen LogP contribution in [0.4, 0.5) is 0 Å². The summed E-state index contributed by atoms with van der Waals surface area (Å²) in [5.41, 5.74) is -0.621. The van der Waals surface area contributed by atoms with Crippen LogP contribution in [0.15, 0.2) is 33.9 Å². The molecular formula is C14H15ClN2O3S. The maximum atomic E-state index is 12.0. The quantitative estimate of drug-likeness (QED) is 0.827. The van der Waals surface area contributed by atoms with Gasteiger partial charge in [-0.05, 0) is 36.1 Å². The minimum absolute atomic E-state index is 0.0791. The van der Waals surface area contributed by atoms with Crippen molar-refractivity contribution in [3.63, 3.8) is 0 Å². The number of hydrogen-bond acceptors (Lipinski definition) is 4. The molecular weight excluding hydrogens is 312 g/mol. The van der Waals surface area contributed by atoms with Gasteiger partial charge in [0.2, 0.25) is 5.88 Å². The van der Waals surface area contributed by atoms with E-state index in [9.17, 15) is 14.7 Å². The molecule has 0 atom stereocenters. The molecule has 0 unspecified atom stereocenters. The monoisotopic (exact) mass is 326 g/mol. The Morgan fingerprint density at radius 2 is 1.95 bits per heavy atom. The molecule has 0 aliphatic rings. The van der Waals surface area contributed by atoms with Crippen LogP contribution in [0.5, 0.6) is 5.88 Å². The smallest absolute Gasteiger partial charge is 0.331 e. The van der Waals surface area contributed by atoms with Crippen molar-refractivity contribution < 1.29 is 5.11 Å². The summed E-state index contributed by atoms with van der Waals surface area (Å²) in [6.07, 6.45) is 2.69. The van der Waals surface area contributed by atoms with E-state index in [1.807, 2.05) is 6.26 Å². The van der Waals surface area contributed by atoms with Gasteiger partial charge in [0.25, 0.3) is 5.56 Å². The van der Waals surface area contributed by atoms with E-state index in [0.29, 0.717) is 17.1 Å². The highest BCUT2D eigenvalue weighted by molar-refractivity contribution is 7.98. The van der Waals surface area contributed by atoms with Crippen molar-refractivity contribution in [3.8, 4) is 17.0 Å². The number of thioether (sulfide) groups is 1. The van der Waals surface area contributed by atoms with Crippen molar-refractivity contribution in [1.29, 1.82) is 0 Å². The fraction of sp³-hybridized carbons (Fsp3) is 0.286. The summed E-state index contributed by atoms with van der Waals surface area (Å²) in [7, 11) is 0. The van der Waals surface area contributed by atoms with Gasteiger partial charge in [0, 0.05) is 11.6 Å². The van der Waals surface area contributed by atoms with Crippen LogP contribution in [-0.2, 0) is 6.54 Å². The zero-order valence-corrected chi connectivity index (χ0v) is 13.0. The van der Waals surface area contributed by atoms with Crippen molar-refractivity contribution >= 4 is 23.4 Å². The highest BCUT2D eigenvalue weighted by Gasteiger charge is 2.15. The summed E-state index contributed by atoms with van der Waals surface area (Å²) in [6.45, 7) is 0.350. The van der Waals surface area contributed by atoms with Crippen LogP contribution in [0.25, 0.3) is 11.1 Å². The van der Waals surface area contributed by atoms with Gasteiger partial charge in [-0.1, -0.05) is 23.7 Å². The molecule has 0 saturated heterocycles. The predicted octanol–water partition coefficient (Wildman–Crippen LogP) is 2.32. The number of aromatic nitrogens is 2. The number of H-pyrrole nitrogens is 1. The molecule has 2 N–H and O–H groups in total. The lowest BCUT2D eigenvalue weighted by Crippen LogP contribution is -2.31. The van der Waals surface area contributed by atoms with Crippen molar-refractivity contribution in [2.45, 2.75) is 13.0 Å². The second-order valence-corrected chi connectivity index (χ2v) is 5.88. The Hall–Kier alpha value is -1.66. The lowest BCUT2D eigenvalue weighted by molar-refractivity contribution is 0.402. The van der Waals surface area contributed by atoms with Gasteiger partial charge in [-0.15, -0.1) is 0 Å². The van der Waals surface area contributed by atoms with Gasteiger partial charge in [-0.3, -0.25) is 14.3 Å². The van der Waals surface area contributed by atoms with Gasteiger partial charge in [0.15, 0.2) is 0 Å². The van der Waals surface area contributed by atoms with Gasteiger partial charge >= 0.3 is 5.69 Å². The number of nitrogens with one attached hydrogen (secondary N) is 1. The van der Waals surface area contributed by atoms with Crippen LogP contribution in [0.2, 0.25) is 5.02 Å². The van der Waals surface area contributed by atoms with E-state index in [-0.39, 0.29) is 11.4 Å². The molecule has 1 heterocycles. The predicted molar refractivity (Wildman–Crippen MR) is 86.4 cm³/mol. The minimum Gasteiger partial charge on any atom is -0.494 e. The first-order valence-corrected chi connectivity index (χ1v) is 8.12. The molecule has 0 fully saturated rings. The third kappa shape index (κ3) is 3.51. The zero-order chi connectivity index (χ0) is 15.4. The van der Waals surface area contributed by atoms with Gasteiger partial charge in [0.05, 0.1) is 0 Å². The number of aromatic hydroxyl groups is 1. The summed E-state index contributed by atoms with van der Waals surface area (Å²) >= 11 is 7.47. The van der Waals surface area contributed by atoms with Crippen molar-refractivity contribution in [1.82, 2.24) is 9.55 Å². The first kappa shape index (κ1) is 15.7. The van der Waals surface area contributed by atoms with E-state index in [0.717, 1.165) is 12.2 Å². The van der Waals surface area contributed by atoms with Gasteiger partial charge in [-0.2, -0.15) is 11.8 Å². The number of halogens is 1. The fourth-order valence-corrected chi connectivity index (χ4v) is 2.55. The molecule has 2 rings (SSSR count). The Morgan fingerprint density at radius 1 is 1.29 bits per heavy atom. The average molecular weight is 327 g/mol. The number of benzene rings is 1. The van der Waals surface area contributed by atoms with Crippen LogP contribution in [-0.4, -0.2) is 26.7 Å². The molecule has 1 aromatic heterocycles. The SMILES string of the molecule is CSCCCn1c(O)c(-c2ccc(Cl)cc2)c(=O)[nH]c1=O. The van der Waals surface area contributed by atoms with Crippen LogP contribution in [0.3, 0.4) is 0 Å². The molecule has 0 saturated carbocycles. The van der Waals surface area contributed by atoms with Crippen molar-refractivity contribution in [2.24, 2.45) is 0 Å². The first-order valence-electron chi connectivity index (χ1n) is 6.35. The Labute approximate surface area is 130 Å². The maximum absolute atomic E-state index is 12.0. The topological polar surface area (TPSA) is 75.1 Å². The fourth-order valence-electron chi connectivity index (χ4n) is 2.01. The highest BCUT2D eigenvalue weighted by Crippen LogP contribution is 2.25. The van der Waals surface area contributed by atoms with Gasteiger partial charge in [0.1, 0.15) is 5.56 Å². The van der Waals surface area contributed by atoms with E-state index >= 15 is 0 Å². The van der Waals surface area contributed by atoms with Crippen LogP contribution in [0, 0.1) is 0 Å². The van der Waals surface area contributed by atoms with Crippen LogP contribution in [0.1, 0.15) is 6.42 Å². The Balaban J connectivity index is 2.51. The molecule has 0 spiro atoms. The van der Waals surface area contributed by atoms with Crippen LogP contribution >= 0.6 is 23.4 Å². The second-order valence-electron chi connectivity index (χ2n) is 4.46. The summed E-state index contributed by atoms with van der Waals surface area (Å²) in [6, 6.07) is 6.50. The molecule has 21 heavy (non-hydrogen) atoms. The summed E-state index contributed by atoms with van der Waals surface area (Å²) in [4.78, 5) is 26.0. The molecule has 112 valence electrons. The first-order chi connectivity index (χ1) is 10.0. The Morgan fingerprint density at radius 3 is 2.57 bits per heavy atom. The molecule has 0 bridgehead atoms. The van der Waals surface area contributed by atoms with E-state index in [1.54, 1.807) is 36.0 Å². The molecule has 7 heteroatoms. The van der Waals surface area contributed by atoms with Gasteiger partial charge < -0.3 is 5.11 Å². The number of nitrogens with zero attached hydrogens (tertiary/aromatic N) is 1. The summed E-state index contributed by atoms with van der Waals surface area (Å²) in [5.74, 6) is 0.550. The molecule has 0 amide bonds. The second kappa shape index (κ2) is 6.87. The molecule has 0 radical (unpaired) electrons. The van der Waals surface area contributed by atoms with Gasteiger partial charge in [-0.25, -0.2) is 4.79 Å². The number of rotatable bonds is 5. The molecule has 0 aliphatic heterocycles. The third-order valence-electron chi connectivity index (χ3n) is 3.04. The van der Waals surface area contributed by atoms with Crippen LogP contribution < -0.4 is 11.2 Å². The summed E-state index contributed by atoms with van der Waals surface area (Å²) in [5, 5.41) is 10.8. The zero-order valence-electron chi connectivity index (χ0n) is 11.4. The molecule has 2 aromatic rings. The van der Waals surface area contributed by atoms with E-state index < -0.39 is 11.2 Å². The van der Waals surface area contributed by atoms with Crippen molar-refractivity contribution in [3.05, 3.63) is 50.1 Å². The van der Waals surface area contributed by atoms with E-state index in [2.05, 4.69) is 4.98 Å². The standard InChI is InChI=1S/C14H15ClN2O3S/c1-21-8-2-7-17-13(19)11(12(18)16-14(17)20)9-3-5-10(15)6-4-9/h3-6,19H,2,7-8H2,1H3,(H,16,18,20). The normalized spacial score (nSPS) is 10.8.